The quantitative estimate of drug-likeness (QED) is 0.370. The molecule has 0 aliphatic carbocycles. The molecular weight excluding hydrogens is 108 g/mol. The first-order valence-corrected chi connectivity index (χ1v) is 2.87. The molecule has 0 aromatic carbocycles. The van der Waals surface area contributed by atoms with E-state index < -0.39 is 0 Å². The molecule has 0 saturated carbocycles. The maximum absolute atomic E-state index is 4.00. The summed E-state index contributed by atoms with van der Waals surface area (Å²) in [5.41, 5.74) is 1.35. The van der Waals surface area contributed by atoms with Crippen LogP contribution < -0.4 is 0 Å². The Morgan fingerprint density at radius 3 is 1.78 bits per heavy atom. The molecule has 0 aliphatic heterocycles. The smallest absolute Gasteiger partial charge is 0.0439 e. The first-order valence-electron chi connectivity index (χ1n) is 2.87. The van der Waals surface area contributed by atoms with Gasteiger partial charge >= 0.3 is 0 Å². The standard InChI is InChI=1S/C7H12.C2H2/c1-4-5-6-7(2)3;1-2/h4-6H,1-3H3;1-2H/b5-4-;. The van der Waals surface area contributed by atoms with E-state index in [4.69, 9.17) is 0 Å². The van der Waals surface area contributed by atoms with Gasteiger partial charge in [-0.15, -0.1) is 12.8 Å². The molecule has 0 rings (SSSR count). The average molecular weight is 122 g/mol. The van der Waals surface area contributed by atoms with E-state index in [1.165, 1.54) is 5.57 Å². The van der Waals surface area contributed by atoms with Crippen LogP contribution in [-0.4, -0.2) is 0 Å². The Hall–Kier alpha value is -0.960. The minimum absolute atomic E-state index is 1.35. The first-order chi connectivity index (χ1) is 4.27. The van der Waals surface area contributed by atoms with E-state index in [0.29, 0.717) is 0 Å². The van der Waals surface area contributed by atoms with E-state index in [9.17, 15) is 0 Å². The van der Waals surface area contributed by atoms with Gasteiger partial charge in [0.2, 0.25) is 0 Å². The molecule has 0 N–H and O–H groups in total. The van der Waals surface area contributed by atoms with Gasteiger partial charge in [0.15, 0.2) is 0 Å². The molecule has 0 aromatic rings. The van der Waals surface area contributed by atoms with Crippen LogP contribution in [0.5, 0.6) is 0 Å². The predicted molar refractivity (Wildman–Crippen MR) is 44.1 cm³/mol. The van der Waals surface area contributed by atoms with Crippen LogP contribution in [0.3, 0.4) is 0 Å². The highest BCUT2D eigenvalue weighted by atomic mass is 13.7. The van der Waals surface area contributed by atoms with Crippen molar-refractivity contribution in [3.05, 3.63) is 23.8 Å². The second-order valence-electron chi connectivity index (χ2n) is 1.77. The summed E-state index contributed by atoms with van der Waals surface area (Å²) in [5, 5.41) is 0. The molecule has 0 heterocycles. The molecule has 0 spiro atoms. The normalized spacial score (nSPS) is 7.67. The van der Waals surface area contributed by atoms with Crippen LogP contribution in [0.1, 0.15) is 20.8 Å². The summed E-state index contributed by atoms with van der Waals surface area (Å²) >= 11 is 0. The second-order valence-corrected chi connectivity index (χ2v) is 1.77. The summed E-state index contributed by atoms with van der Waals surface area (Å²) in [6, 6.07) is 0. The van der Waals surface area contributed by atoms with Gasteiger partial charge in [0.1, 0.15) is 0 Å². The lowest BCUT2D eigenvalue weighted by atomic mass is 10.3. The van der Waals surface area contributed by atoms with Crippen LogP contribution >= 0.6 is 0 Å². The van der Waals surface area contributed by atoms with Crippen molar-refractivity contribution in [2.45, 2.75) is 20.8 Å². The summed E-state index contributed by atoms with van der Waals surface area (Å²) in [6.07, 6.45) is 14.1. The van der Waals surface area contributed by atoms with E-state index >= 15 is 0 Å². The fraction of sp³-hybridized carbons (Fsp3) is 0.333. The monoisotopic (exact) mass is 122 g/mol. The molecule has 0 heteroatoms. The highest BCUT2D eigenvalue weighted by Crippen LogP contribution is 1.87. The molecule has 50 valence electrons. The fourth-order valence-electron chi connectivity index (χ4n) is 0.289. The van der Waals surface area contributed by atoms with E-state index in [-0.39, 0.29) is 0 Å². The number of allylic oxidation sites excluding steroid dienone is 4. The van der Waals surface area contributed by atoms with Gasteiger partial charge in [-0.1, -0.05) is 23.8 Å². The molecule has 0 aromatic heterocycles. The molecule has 0 fully saturated rings. The maximum Gasteiger partial charge on any atom is -0.0439 e. The van der Waals surface area contributed by atoms with Crippen molar-refractivity contribution in [3.8, 4) is 12.8 Å². The largest absolute Gasteiger partial charge is 0.124 e. The van der Waals surface area contributed by atoms with Crippen molar-refractivity contribution in [1.29, 1.82) is 0 Å². The highest BCUT2D eigenvalue weighted by Gasteiger charge is 1.65. The number of rotatable bonds is 1. The molecule has 0 atom stereocenters. The average Bonchev–Trinajstić information content (AvgIpc) is 1.88. The summed E-state index contributed by atoms with van der Waals surface area (Å²) in [6.45, 7) is 6.18. The molecule has 0 amide bonds. The van der Waals surface area contributed by atoms with Gasteiger partial charge in [0, 0.05) is 0 Å². The molecule has 0 nitrogen and oxygen atoms in total. The summed E-state index contributed by atoms with van der Waals surface area (Å²) in [4.78, 5) is 0. The van der Waals surface area contributed by atoms with Gasteiger partial charge in [-0.3, -0.25) is 0 Å². The SMILES string of the molecule is C#C.C/C=C\C=C(C)C. The summed E-state index contributed by atoms with van der Waals surface area (Å²) in [7, 11) is 0. The van der Waals surface area contributed by atoms with Crippen LogP contribution in [0.2, 0.25) is 0 Å². The Kier molecular flexibility index (Phi) is 12.3. The van der Waals surface area contributed by atoms with E-state index in [0.717, 1.165) is 0 Å². The van der Waals surface area contributed by atoms with Crippen LogP contribution in [0.25, 0.3) is 0 Å². The van der Waals surface area contributed by atoms with Crippen molar-refractivity contribution < 1.29 is 0 Å². The van der Waals surface area contributed by atoms with Gasteiger partial charge in [0.05, 0.1) is 0 Å². The zero-order valence-corrected chi connectivity index (χ0v) is 6.39. The Morgan fingerprint density at radius 2 is 1.67 bits per heavy atom. The Balaban J connectivity index is 0. The van der Waals surface area contributed by atoms with Crippen LogP contribution in [0, 0.1) is 12.8 Å². The minimum atomic E-state index is 1.35. The predicted octanol–water partition coefficient (Wildman–Crippen LogP) is 2.78. The van der Waals surface area contributed by atoms with Crippen molar-refractivity contribution in [3.63, 3.8) is 0 Å². The zero-order chi connectivity index (χ0) is 7.70. The fourth-order valence-corrected chi connectivity index (χ4v) is 0.289. The molecule has 0 unspecified atom stereocenters. The van der Waals surface area contributed by atoms with Gasteiger partial charge in [-0.25, -0.2) is 0 Å². The lowest BCUT2D eigenvalue weighted by Gasteiger charge is -1.77. The van der Waals surface area contributed by atoms with Crippen molar-refractivity contribution >= 4 is 0 Å². The van der Waals surface area contributed by atoms with E-state index in [1.54, 1.807) is 0 Å². The van der Waals surface area contributed by atoms with Gasteiger partial charge in [0.25, 0.3) is 0 Å². The maximum atomic E-state index is 4.00. The Morgan fingerprint density at radius 1 is 1.22 bits per heavy atom. The molecule has 0 radical (unpaired) electrons. The number of terminal acetylenes is 1. The lowest BCUT2D eigenvalue weighted by Crippen LogP contribution is -1.56. The Labute approximate surface area is 58.3 Å². The van der Waals surface area contributed by atoms with Gasteiger partial charge < -0.3 is 0 Å². The third-order valence-corrected chi connectivity index (χ3v) is 0.622. The molecule has 0 aliphatic rings. The second kappa shape index (κ2) is 10.1. The van der Waals surface area contributed by atoms with E-state index in [1.807, 2.05) is 19.1 Å². The van der Waals surface area contributed by atoms with Crippen molar-refractivity contribution in [2.75, 3.05) is 0 Å². The van der Waals surface area contributed by atoms with Crippen LogP contribution in [0.15, 0.2) is 23.8 Å². The van der Waals surface area contributed by atoms with Crippen molar-refractivity contribution in [2.24, 2.45) is 0 Å². The van der Waals surface area contributed by atoms with Crippen LogP contribution in [0.4, 0.5) is 0 Å². The zero-order valence-electron chi connectivity index (χ0n) is 6.39. The minimum Gasteiger partial charge on any atom is -0.124 e. The summed E-state index contributed by atoms with van der Waals surface area (Å²) < 4.78 is 0. The molecule has 0 bridgehead atoms. The third-order valence-electron chi connectivity index (χ3n) is 0.622. The molecule has 0 saturated heterocycles. The summed E-state index contributed by atoms with van der Waals surface area (Å²) in [5.74, 6) is 0. The Bertz CT molecular complexity index is 109. The third kappa shape index (κ3) is 19.4. The molecular formula is C9H14. The number of hydrogen-bond acceptors (Lipinski definition) is 0. The lowest BCUT2D eigenvalue weighted by molar-refractivity contribution is 1.39. The van der Waals surface area contributed by atoms with Gasteiger partial charge in [-0.2, -0.15) is 0 Å². The van der Waals surface area contributed by atoms with Crippen LogP contribution in [-0.2, 0) is 0 Å². The first kappa shape index (κ1) is 10.9. The van der Waals surface area contributed by atoms with Crippen molar-refractivity contribution in [1.82, 2.24) is 0 Å². The highest BCUT2D eigenvalue weighted by molar-refractivity contribution is 5.06. The van der Waals surface area contributed by atoms with Gasteiger partial charge in [-0.05, 0) is 20.8 Å². The molecule has 9 heavy (non-hydrogen) atoms. The topological polar surface area (TPSA) is 0 Å². The number of hydrogen-bond donors (Lipinski definition) is 0. The van der Waals surface area contributed by atoms with E-state index in [2.05, 4.69) is 32.8 Å².